The van der Waals surface area contributed by atoms with E-state index in [1.165, 1.54) is 0 Å². The van der Waals surface area contributed by atoms with Crippen molar-refractivity contribution in [2.45, 2.75) is 13.0 Å². The molecule has 0 aromatic heterocycles. The Balaban J connectivity index is 1.34. The molecule has 0 spiro atoms. The number of ether oxygens (including phenoxy) is 2. The number of benzene rings is 3. The quantitative estimate of drug-likeness (QED) is 0.422. The summed E-state index contributed by atoms with van der Waals surface area (Å²) < 4.78 is 11.1. The maximum Gasteiger partial charge on any atom is 0.243 e. The van der Waals surface area contributed by atoms with Crippen LogP contribution in [-0.2, 0) is 16.2 Å². The zero-order valence-electron chi connectivity index (χ0n) is 18.4. The first kappa shape index (κ1) is 23.7. The summed E-state index contributed by atoms with van der Waals surface area (Å²) in [6, 6.07) is 19.7. The number of carbonyl (C=O) groups is 2. The molecule has 3 aromatic rings. The number of carbonyl (C=O) groups excluding carboxylic acids is 2. The monoisotopic (exact) mass is 499 g/mol. The Labute approximate surface area is 207 Å². The molecule has 1 atom stereocenters. The number of rotatable bonds is 8. The Morgan fingerprint density at radius 1 is 1.06 bits per heavy atom. The average Bonchev–Trinajstić information content (AvgIpc) is 3.25. The number of amides is 2. The fourth-order valence-electron chi connectivity index (χ4n) is 3.61. The zero-order chi connectivity index (χ0) is 24.1. The summed E-state index contributed by atoms with van der Waals surface area (Å²) in [5.41, 5.74) is 7.79. The van der Waals surface area contributed by atoms with Crippen molar-refractivity contribution < 1.29 is 19.1 Å². The largest absolute Gasteiger partial charge is 0.497 e. The second-order valence-corrected chi connectivity index (χ2v) is 8.57. The van der Waals surface area contributed by atoms with E-state index in [9.17, 15) is 9.59 Å². The van der Waals surface area contributed by atoms with Crippen LogP contribution in [0.15, 0.2) is 66.7 Å². The van der Waals surface area contributed by atoms with Crippen LogP contribution in [-0.4, -0.2) is 25.5 Å². The van der Waals surface area contributed by atoms with Gasteiger partial charge in [0.05, 0.1) is 28.8 Å². The molecule has 176 valence electrons. The second-order valence-electron chi connectivity index (χ2n) is 7.75. The van der Waals surface area contributed by atoms with Crippen LogP contribution in [0.25, 0.3) is 0 Å². The van der Waals surface area contributed by atoms with Crippen molar-refractivity contribution in [3.05, 3.63) is 82.3 Å². The summed E-state index contributed by atoms with van der Waals surface area (Å²) in [5, 5.41) is 0.933. The number of para-hydroxylation sites is 2. The van der Waals surface area contributed by atoms with E-state index in [0.29, 0.717) is 33.8 Å². The Morgan fingerprint density at radius 2 is 1.82 bits per heavy atom. The lowest BCUT2D eigenvalue weighted by Crippen LogP contribution is -2.36. The third-order valence-electron chi connectivity index (χ3n) is 5.47. The van der Waals surface area contributed by atoms with Crippen molar-refractivity contribution in [2.75, 3.05) is 24.0 Å². The van der Waals surface area contributed by atoms with Crippen LogP contribution in [0.3, 0.4) is 0 Å². The van der Waals surface area contributed by atoms with Gasteiger partial charge in [0.25, 0.3) is 0 Å². The predicted molar refractivity (Wildman–Crippen MR) is 132 cm³/mol. The molecule has 0 radical (unpaired) electrons. The molecule has 9 heteroatoms. The van der Waals surface area contributed by atoms with E-state index in [2.05, 4.69) is 10.9 Å². The highest BCUT2D eigenvalue weighted by atomic mass is 35.5. The Bertz CT molecular complexity index is 1190. The summed E-state index contributed by atoms with van der Waals surface area (Å²) in [4.78, 5) is 26.9. The lowest BCUT2D eigenvalue weighted by molar-refractivity contribution is -0.125. The predicted octanol–water partition coefficient (Wildman–Crippen LogP) is 5.08. The zero-order valence-corrected chi connectivity index (χ0v) is 19.9. The van der Waals surface area contributed by atoms with Gasteiger partial charge in [0.2, 0.25) is 11.8 Å². The maximum absolute atomic E-state index is 12.8. The number of hydrogen-bond acceptors (Lipinski definition) is 5. The lowest BCUT2D eigenvalue weighted by Gasteiger charge is -2.18. The minimum Gasteiger partial charge on any atom is -0.497 e. The minimum atomic E-state index is -0.480. The van der Waals surface area contributed by atoms with Crippen LogP contribution in [0.4, 0.5) is 11.4 Å². The molecule has 0 bridgehead atoms. The van der Waals surface area contributed by atoms with Crippen LogP contribution in [0.2, 0.25) is 10.0 Å². The standard InChI is InChI=1S/C25H23Cl2N3O4/c1-33-19-9-7-18(8-10-19)30-14-17(13-24(30)31)25(32)29-28-22-4-2-3-5-23(22)34-15-16-6-11-20(26)21(27)12-16/h2-12,17,28H,13-15H2,1H3,(H,29,32)/t17-/m0/s1. The Hall–Kier alpha value is -3.42. The number of anilines is 2. The van der Waals surface area contributed by atoms with Gasteiger partial charge in [0.15, 0.2) is 0 Å². The third-order valence-corrected chi connectivity index (χ3v) is 6.20. The SMILES string of the molecule is COc1ccc(N2C[C@@H](C(=O)NNc3ccccc3OCc3ccc(Cl)c(Cl)c3)CC2=O)cc1. The molecule has 1 aliphatic heterocycles. The highest BCUT2D eigenvalue weighted by molar-refractivity contribution is 6.42. The molecule has 1 aliphatic rings. The summed E-state index contributed by atoms with van der Waals surface area (Å²) in [7, 11) is 1.58. The third kappa shape index (κ3) is 5.55. The maximum atomic E-state index is 12.8. The average molecular weight is 500 g/mol. The molecule has 2 amide bonds. The number of halogens is 2. The molecular weight excluding hydrogens is 477 g/mol. The van der Waals surface area contributed by atoms with Crippen molar-refractivity contribution >= 4 is 46.4 Å². The fourth-order valence-corrected chi connectivity index (χ4v) is 3.93. The van der Waals surface area contributed by atoms with Crippen molar-refractivity contribution in [1.29, 1.82) is 0 Å². The molecule has 0 aliphatic carbocycles. The van der Waals surface area contributed by atoms with E-state index < -0.39 is 5.92 Å². The summed E-state index contributed by atoms with van der Waals surface area (Å²) >= 11 is 12.0. The number of hydrazine groups is 1. The van der Waals surface area contributed by atoms with Gasteiger partial charge >= 0.3 is 0 Å². The first-order valence-corrected chi connectivity index (χ1v) is 11.4. The molecule has 2 N–H and O–H groups in total. The fraction of sp³-hybridized carbons (Fsp3) is 0.200. The van der Waals surface area contributed by atoms with Gasteiger partial charge in [0.1, 0.15) is 18.1 Å². The summed E-state index contributed by atoms with van der Waals surface area (Å²) in [6.45, 7) is 0.575. The van der Waals surface area contributed by atoms with E-state index in [4.69, 9.17) is 32.7 Å². The van der Waals surface area contributed by atoms with Crippen molar-refractivity contribution in [3.8, 4) is 11.5 Å². The van der Waals surface area contributed by atoms with E-state index >= 15 is 0 Å². The summed E-state index contributed by atoms with van der Waals surface area (Å²) in [5.74, 6) is 0.399. The van der Waals surface area contributed by atoms with Crippen LogP contribution < -0.4 is 25.2 Å². The molecular formula is C25H23Cl2N3O4. The van der Waals surface area contributed by atoms with Gasteiger partial charge in [-0.1, -0.05) is 41.4 Å². The van der Waals surface area contributed by atoms with Crippen molar-refractivity contribution in [2.24, 2.45) is 5.92 Å². The van der Waals surface area contributed by atoms with Gasteiger partial charge in [-0.2, -0.15) is 0 Å². The van der Waals surface area contributed by atoms with Gasteiger partial charge in [-0.25, -0.2) is 0 Å². The van der Waals surface area contributed by atoms with Crippen LogP contribution in [0.5, 0.6) is 11.5 Å². The molecule has 1 saturated heterocycles. The molecule has 1 heterocycles. The van der Waals surface area contributed by atoms with E-state index in [-0.39, 0.29) is 24.8 Å². The number of nitrogens with one attached hydrogen (secondary N) is 2. The Morgan fingerprint density at radius 3 is 2.56 bits per heavy atom. The smallest absolute Gasteiger partial charge is 0.243 e. The van der Waals surface area contributed by atoms with Gasteiger partial charge in [0, 0.05) is 18.7 Å². The highest BCUT2D eigenvalue weighted by Gasteiger charge is 2.35. The Kier molecular flexibility index (Phi) is 7.45. The van der Waals surface area contributed by atoms with E-state index in [1.54, 1.807) is 60.5 Å². The van der Waals surface area contributed by atoms with Crippen molar-refractivity contribution in [3.63, 3.8) is 0 Å². The number of nitrogens with zero attached hydrogens (tertiary/aromatic N) is 1. The van der Waals surface area contributed by atoms with Crippen LogP contribution in [0.1, 0.15) is 12.0 Å². The van der Waals surface area contributed by atoms with Gasteiger partial charge < -0.3 is 14.4 Å². The molecule has 1 fully saturated rings. The molecule has 0 saturated carbocycles. The van der Waals surface area contributed by atoms with Crippen molar-refractivity contribution in [1.82, 2.24) is 5.43 Å². The normalized spacial score (nSPS) is 15.2. The highest BCUT2D eigenvalue weighted by Crippen LogP contribution is 2.28. The molecule has 3 aromatic carbocycles. The van der Waals surface area contributed by atoms with Crippen LogP contribution >= 0.6 is 23.2 Å². The second kappa shape index (κ2) is 10.7. The molecule has 34 heavy (non-hydrogen) atoms. The van der Waals surface area contributed by atoms with Gasteiger partial charge in [-0.05, 0) is 54.1 Å². The first-order valence-electron chi connectivity index (χ1n) is 10.6. The lowest BCUT2D eigenvalue weighted by atomic mass is 10.1. The topological polar surface area (TPSA) is 79.9 Å². The minimum absolute atomic E-state index is 0.101. The summed E-state index contributed by atoms with van der Waals surface area (Å²) in [6.07, 6.45) is 0.134. The number of hydrogen-bond donors (Lipinski definition) is 2. The first-order chi connectivity index (χ1) is 16.4. The number of methoxy groups -OCH3 is 1. The van der Waals surface area contributed by atoms with E-state index in [1.807, 2.05) is 18.2 Å². The molecule has 4 rings (SSSR count). The van der Waals surface area contributed by atoms with Crippen LogP contribution in [0, 0.1) is 5.92 Å². The van der Waals surface area contributed by atoms with E-state index in [0.717, 1.165) is 11.3 Å². The van der Waals surface area contributed by atoms with Gasteiger partial charge in [-0.15, -0.1) is 0 Å². The molecule has 0 unspecified atom stereocenters. The molecule has 7 nitrogen and oxygen atoms in total. The van der Waals surface area contributed by atoms with Gasteiger partial charge in [-0.3, -0.25) is 20.4 Å².